The summed E-state index contributed by atoms with van der Waals surface area (Å²) in [6.07, 6.45) is 3.68. The Hall–Kier alpha value is -1.61. The molecule has 0 spiro atoms. The molecular weight excluding hydrogens is 489 g/mol. The third kappa shape index (κ3) is 7.91. The molecule has 0 aliphatic heterocycles. The van der Waals surface area contributed by atoms with Crippen molar-refractivity contribution in [3.8, 4) is 0 Å². The van der Waals surface area contributed by atoms with Crippen LogP contribution in [0.3, 0.4) is 0 Å². The molecular formula is C23H36IN5O. The molecule has 0 bridgehead atoms. The van der Waals surface area contributed by atoms with Gasteiger partial charge in [0.15, 0.2) is 5.96 Å². The molecule has 2 N–H and O–H groups in total. The summed E-state index contributed by atoms with van der Waals surface area (Å²) >= 11 is 0. The smallest absolute Gasteiger partial charge is 0.191 e. The van der Waals surface area contributed by atoms with Crippen LogP contribution in [0.2, 0.25) is 0 Å². The van der Waals surface area contributed by atoms with E-state index in [1.807, 2.05) is 6.07 Å². The summed E-state index contributed by atoms with van der Waals surface area (Å²) in [6, 6.07) is 10.4. The van der Waals surface area contributed by atoms with E-state index in [4.69, 9.17) is 14.8 Å². The highest BCUT2D eigenvalue weighted by Crippen LogP contribution is 2.28. The van der Waals surface area contributed by atoms with Gasteiger partial charge in [0, 0.05) is 37.6 Å². The molecule has 1 heterocycles. The Morgan fingerprint density at radius 1 is 1.20 bits per heavy atom. The highest BCUT2D eigenvalue weighted by atomic mass is 127. The molecule has 1 aromatic heterocycles. The Balaban J connectivity index is 0.00000320. The Labute approximate surface area is 197 Å². The molecule has 1 aliphatic rings. The predicted octanol–water partition coefficient (Wildman–Crippen LogP) is 4.04. The third-order valence-corrected chi connectivity index (χ3v) is 5.25. The highest BCUT2D eigenvalue weighted by molar-refractivity contribution is 14.0. The van der Waals surface area contributed by atoms with Gasteiger partial charge in [-0.3, -0.25) is 4.68 Å². The van der Waals surface area contributed by atoms with Crippen molar-refractivity contribution >= 4 is 29.9 Å². The van der Waals surface area contributed by atoms with Gasteiger partial charge < -0.3 is 15.4 Å². The SMILES string of the molecule is CCNC(=NCc1c(C)nn(Cc2ccccc2)c1C)NCCCOCC1CC1.I. The Bertz CT molecular complexity index is 786. The summed E-state index contributed by atoms with van der Waals surface area (Å²) in [4.78, 5) is 4.78. The average molecular weight is 525 g/mol. The maximum atomic E-state index is 5.70. The molecule has 30 heavy (non-hydrogen) atoms. The number of ether oxygens (including phenoxy) is 1. The predicted molar refractivity (Wildman–Crippen MR) is 134 cm³/mol. The van der Waals surface area contributed by atoms with Gasteiger partial charge in [0.2, 0.25) is 0 Å². The molecule has 2 aromatic rings. The van der Waals surface area contributed by atoms with Gasteiger partial charge in [-0.2, -0.15) is 5.10 Å². The minimum Gasteiger partial charge on any atom is -0.381 e. The topological polar surface area (TPSA) is 63.5 Å². The summed E-state index contributed by atoms with van der Waals surface area (Å²) in [5.41, 5.74) is 4.68. The van der Waals surface area contributed by atoms with Crippen LogP contribution in [0.5, 0.6) is 0 Å². The van der Waals surface area contributed by atoms with Crippen molar-refractivity contribution in [2.75, 3.05) is 26.3 Å². The minimum absolute atomic E-state index is 0. The van der Waals surface area contributed by atoms with Crippen molar-refractivity contribution in [3.63, 3.8) is 0 Å². The second-order valence-electron chi connectivity index (χ2n) is 7.79. The van der Waals surface area contributed by atoms with Crippen molar-refractivity contribution < 1.29 is 4.74 Å². The number of aryl methyl sites for hydroxylation is 1. The van der Waals surface area contributed by atoms with E-state index < -0.39 is 0 Å². The van der Waals surface area contributed by atoms with Crippen molar-refractivity contribution in [3.05, 3.63) is 52.8 Å². The van der Waals surface area contributed by atoms with Crippen LogP contribution in [0.1, 0.15) is 48.7 Å². The van der Waals surface area contributed by atoms with E-state index in [9.17, 15) is 0 Å². The second-order valence-corrected chi connectivity index (χ2v) is 7.79. The molecule has 166 valence electrons. The summed E-state index contributed by atoms with van der Waals surface area (Å²) < 4.78 is 7.78. The first-order valence-electron chi connectivity index (χ1n) is 10.8. The zero-order valence-corrected chi connectivity index (χ0v) is 20.8. The van der Waals surface area contributed by atoms with Crippen LogP contribution in [-0.4, -0.2) is 42.0 Å². The lowest BCUT2D eigenvalue weighted by Gasteiger charge is -2.11. The quantitative estimate of drug-likeness (QED) is 0.201. The number of halogens is 1. The molecule has 0 radical (unpaired) electrons. The fraction of sp³-hybridized carbons (Fsp3) is 0.565. The van der Waals surface area contributed by atoms with Crippen LogP contribution in [0.4, 0.5) is 0 Å². The normalized spacial score (nSPS) is 13.8. The van der Waals surface area contributed by atoms with Crippen LogP contribution < -0.4 is 10.6 Å². The number of rotatable bonds is 11. The number of aliphatic imine (C=N–C) groups is 1. The standard InChI is InChI=1S/C23H35N5O.HI/c1-4-24-23(25-13-8-14-29-17-21-11-12-21)26-15-22-18(2)27-28(19(22)3)16-20-9-6-5-7-10-20;/h5-7,9-10,21H,4,8,11-17H2,1-3H3,(H2,24,25,26);1H. The minimum atomic E-state index is 0. The zero-order chi connectivity index (χ0) is 20.5. The number of hydrogen-bond acceptors (Lipinski definition) is 3. The number of hydrogen-bond donors (Lipinski definition) is 2. The number of nitrogens with zero attached hydrogens (tertiary/aromatic N) is 3. The Morgan fingerprint density at radius 3 is 2.67 bits per heavy atom. The lowest BCUT2D eigenvalue weighted by atomic mass is 10.2. The molecule has 0 saturated heterocycles. The van der Waals surface area contributed by atoms with Gasteiger partial charge in [-0.05, 0) is 51.5 Å². The molecule has 1 aliphatic carbocycles. The van der Waals surface area contributed by atoms with Crippen molar-refractivity contribution in [2.24, 2.45) is 10.9 Å². The lowest BCUT2D eigenvalue weighted by molar-refractivity contribution is 0.123. The van der Waals surface area contributed by atoms with Gasteiger partial charge in [0.05, 0.1) is 18.8 Å². The molecule has 0 unspecified atom stereocenters. The van der Waals surface area contributed by atoms with Crippen molar-refractivity contribution in [2.45, 2.75) is 53.1 Å². The Morgan fingerprint density at radius 2 is 1.97 bits per heavy atom. The first-order chi connectivity index (χ1) is 14.2. The van der Waals surface area contributed by atoms with Crippen LogP contribution in [0, 0.1) is 19.8 Å². The van der Waals surface area contributed by atoms with Crippen LogP contribution in [-0.2, 0) is 17.8 Å². The van der Waals surface area contributed by atoms with Crippen molar-refractivity contribution in [1.29, 1.82) is 0 Å². The number of benzene rings is 1. The molecule has 0 atom stereocenters. The zero-order valence-electron chi connectivity index (χ0n) is 18.5. The fourth-order valence-electron chi connectivity index (χ4n) is 3.29. The van der Waals surface area contributed by atoms with Gasteiger partial charge in [0.1, 0.15) is 0 Å². The second kappa shape index (κ2) is 12.9. The van der Waals surface area contributed by atoms with E-state index in [-0.39, 0.29) is 24.0 Å². The van der Waals surface area contributed by atoms with E-state index >= 15 is 0 Å². The monoisotopic (exact) mass is 525 g/mol. The maximum Gasteiger partial charge on any atom is 0.191 e. The molecule has 1 saturated carbocycles. The first-order valence-corrected chi connectivity index (χ1v) is 10.8. The number of guanidine groups is 1. The van der Waals surface area contributed by atoms with E-state index in [0.717, 1.165) is 56.8 Å². The van der Waals surface area contributed by atoms with Crippen molar-refractivity contribution in [1.82, 2.24) is 20.4 Å². The number of nitrogens with one attached hydrogen (secondary N) is 2. The first kappa shape index (κ1) is 24.7. The third-order valence-electron chi connectivity index (χ3n) is 5.25. The summed E-state index contributed by atoms with van der Waals surface area (Å²) in [5.74, 6) is 1.68. The van der Waals surface area contributed by atoms with Gasteiger partial charge in [-0.25, -0.2) is 4.99 Å². The molecule has 3 rings (SSSR count). The Kier molecular flexibility index (Phi) is 10.6. The molecule has 6 nitrogen and oxygen atoms in total. The highest BCUT2D eigenvalue weighted by Gasteiger charge is 2.20. The average Bonchev–Trinajstić information content (AvgIpc) is 3.50. The van der Waals surface area contributed by atoms with E-state index in [1.54, 1.807) is 0 Å². The van der Waals surface area contributed by atoms with Crippen LogP contribution in [0.25, 0.3) is 0 Å². The van der Waals surface area contributed by atoms with Gasteiger partial charge >= 0.3 is 0 Å². The summed E-state index contributed by atoms with van der Waals surface area (Å²) in [6.45, 7) is 11.1. The van der Waals surface area contributed by atoms with E-state index in [0.29, 0.717) is 6.54 Å². The van der Waals surface area contributed by atoms with Gasteiger partial charge in [-0.15, -0.1) is 24.0 Å². The van der Waals surface area contributed by atoms with E-state index in [1.165, 1.54) is 29.7 Å². The van der Waals surface area contributed by atoms with Gasteiger partial charge in [-0.1, -0.05) is 30.3 Å². The molecule has 0 amide bonds. The fourth-order valence-corrected chi connectivity index (χ4v) is 3.29. The summed E-state index contributed by atoms with van der Waals surface area (Å²) in [5, 5.41) is 11.5. The van der Waals surface area contributed by atoms with Gasteiger partial charge in [0.25, 0.3) is 0 Å². The van der Waals surface area contributed by atoms with Crippen LogP contribution in [0.15, 0.2) is 35.3 Å². The molecule has 7 heteroatoms. The lowest BCUT2D eigenvalue weighted by Crippen LogP contribution is -2.38. The largest absolute Gasteiger partial charge is 0.381 e. The summed E-state index contributed by atoms with van der Waals surface area (Å²) in [7, 11) is 0. The van der Waals surface area contributed by atoms with E-state index in [2.05, 4.69) is 60.4 Å². The molecule has 1 aromatic carbocycles. The molecule has 1 fully saturated rings. The maximum absolute atomic E-state index is 5.70. The number of aromatic nitrogens is 2. The van der Waals surface area contributed by atoms with Crippen LogP contribution >= 0.6 is 24.0 Å².